The summed E-state index contributed by atoms with van der Waals surface area (Å²) in [6.07, 6.45) is 4.92. The summed E-state index contributed by atoms with van der Waals surface area (Å²) in [6.45, 7) is 1.63. The summed E-state index contributed by atoms with van der Waals surface area (Å²) in [5.41, 5.74) is 0. The number of hydrogen-bond acceptors (Lipinski definition) is 2. The summed E-state index contributed by atoms with van der Waals surface area (Å²) in [6, 6.07) is 1.03. The van der Waals surface area contributed by atoms with E-state index >= 15 is 0 Å². The van der Waals surface area contributed by atoms with Gasteiger partial charge < -0.3 is 15.5 Å². The minimum atomic E-state index is 0.128. The van der Waals surface area contributed by atoms with Crippen molar-refractivity contribution in [3.63, 3.8) is 0 Å². The average molecular weight is 197 g/mol. The monoisotopic (exact) mass is 197 g/mol. The van der Waals surface area contributed by atoms with Crippen LogP contribution in [0.4, 0.5) is 4.79 Å². The van der Waals surface area contributed by atoms with Crippen LogP contribution in [0.3, 0.4) is 0 Å². The molecule has 14 heavy (non-hydrogen) atoms. The largest absolute Gasteiger partial charge is 0.336 e. The zero-order valence-electron chi connectivity index (χ0n) is 8.75. The molecule has 2 fully saturated rings. The first kappa shape index (κ1) is 9.77. The third-order valence-corrected chi connectivity index (χ3v) is 3.35. The number of likely N-dealkylation sites (N-methyl/N-ethyl adjacent to an activating group) is 1. The van der Waals surface area contributed by atoms with E-state index in [0.717, 1.165) is 13.1 Å². The summed E-state index contributed by atoms with van der Waals surface area (Å²) in [5.74, 6) is 0. The molecule has 1 unspecified atom stereocenters. The predicted molar refractivity (Wildman–Crippen MR) is 55.2 cm³/mol. The van der Waals surface area contributed by atoms with E-state index in [9.17, 15) is 4.79 Å². The number of amides is 2. The molecule has 0 spiro atoms. The molecule has 0 bridgehead atoms. The van der Waals surface area contributed by atoms with Gasteiger partial charge in [0.05, 0.1) is 0 Å². The molecule has 1 atom stereocenters. The van der Waals surface area contributed by atoms with Gasteiger partial charge in [-0.2, -0.15) is 0 Å². The van der Waals surface area contributed by atoms with Gasteiger partial charge in [0.25, 0.3) is 0 Å². The Morgan fingerprint density at radius 1 is 1.43 bits per heavy atom. The molecule has 0 radical (unpaired) electrons. The van der Waals surface area contributed by atoms with Gasteiger partial charge in [-0.3, -0.25) is 0 Å². The first-order valence-corrected chi connectivity index (χ1v) is 5.53. The highest BCUT2D eigenvalue weighted by molar-refractivity contribution is 5.75. The van der Waals surface area contributed by atoms with Crippen LogP contribution >= 0.6 is 0 Å². The van der Waals surface area contributed by atoms with Gasteiger partial charge in [-0.05, 0) is 19.9 Å². The van der Waals surface area contributed by atoms with Crippen LogP contribution in [0.25, 0.3) is 0 Å². The van der Waals surface area contributed by atoms with E-state index in [-0.39, 0.29) is 6.03 Å². The van der Waals surface area contributed by atoms with Crippen molar-refractivity contribution in [2.45, 2.75) is 37.8 Å². The normalized spacial score (nSPS) is 29.4. The van der Waals surface area contributed by atoms with E-state index in [1.807, 2.05) is 11.9 Å². The fourth-order valence-electron chi connectivity index (χ4n) is 2.42. The van der Waals surface area contributed by atoms with Gasteiger partial charge in [-0.25, -0.2) is 4.79 Å². The number of nitrogens with one attached hydrogen (secondary N) is 2. The highest BCUT2D eigenvalue weighted by atomic mass is 16.2. The van der Waals surface area contributed by atoms with E-state index in [2.05, 4.69) is 10.6 Å². The Morgan fingerprint density at radius 3 is 2.79 bits per heavy atom. The molecule has 1 aliphatic heterocycles. The molecule has 1 saturated carbocycles. The van der Waals surface area contributed by atoms with E-state index in [1.54, 1.807) is 0 Å². The SMILES string of the molecule is CNC1CNC(=O)N(C2CCCC2)C1. The standard InChI is InChI=1S/C10H19N3O/c1-11-8-6-12-10(14)13(7-8)9-4-2-3-5-9/h8-9,11H,2-7H2,1H3,(H,12,14). The summed E-state index contributed by atoms with van der Waals surface area (Å²) < 4.78 is 0. The Morgan fingerprint density at radius 2 is 2.14 bits per heavy atom. The van der Waals surface area contributed by atoms with Crippen LogP contribution in [0.5, 0.6) is 0 Å². The third-order valence-electron chi connectivity index (χ3n) is 3.35. The summed E-state index contributed by atoms with van der Waals surface area (Å²) in [4.78, 5) is 13.6. The third kappa shape index (κ3) is 1.85. The van der Waals surface area contributed by atoms with Gasteiger partial charge in [0.1, 0.15) is 0 Å². The maximum atomic E-state index is 11.6. The van der Waals surface area contributed by atoms with Crippen LogP contribution in [-0.2, 0) is 0 Å². The van der Waals surface area contributed by atoms with Crippen molar-refractivity contribution in [2.24, 2.45) is 0 Å². The zero-order chi connectivity index (χ0) is 9.97. The highest BCUT2D eigenvalue weighted by Gasteiger charge is 2.31. The molecule has 2 amide bonds. The van der Waals surface area contributed by atoms with E-state index in [1.165, 1.54) is 25.7 Å². The lowest BCUT2D eigenvalue weighted by Gasteiger charge is -2.37. The Balaban J connectivity index is 1.96. The van der Waals surface area contributed by atoms with E-state index in [0.29, 0.717) is 12.1 Å². The molecule has 1 heterocycles. The van der Waals surface area contributed by atoms with Crippen molar-refractivity contribution in [3.05, 3.63) is 0 Å². The molecule has 0 aromatic heterocycles. The quantitative estimate of drug-likeness (QED) is 0.678. The minimum Gasteiger partial charge on any atom is -0.336 e. The van der Waals surface area contributed by atoms with Crippen molar-refractivity contribution in [1.29, 1.82) is 0 Å². The zero-order valence-corrected chi connectivity index (χ0v) is 8.75. The molecule has 80 valence electrons. The minimum absolute atomic E-state index is 0.128. The van der Waals surface area contributed by atoms with Crippen LogP contribution in [-0.4, -0.2) is 43.2 Å². The van der Waals surface area contributed by atoms with Crippen molar-refractivity contribution in [3.8, 4) is 0 Å². The first-order chi connectivity index (χ1) is 6.81. The number of carbonyl (C=O) groups excluding carboxylic acids is 1. The number of hydrogen-bond donors (Lipinski definition) is 2. The number of nitrogens with zero attached hydrogens (tertiary/aromatic N) is 1. The highest BCUT2D eigenvalue weighted by Crippen LogP contribution is 2.24. The van der Waals surface area contributed by atoms with Gasteiger partial charge in [-0.15, -0.1) is 0 Å². The van der Waals surface area contributed by atoms with Crippen LogP contribution in [0.2, 0.25) is 0 Å². The van der Waals surface area contributed by atoms with Crippen molar-refractivity contribution in [1.82, 2.24) is 15.5 Å². The number of carbonyl (C=O) groups is 1. The maximum absolute atomic E-state index is 11.6. The predicted octanol–water partition coefficient (Wildman–Crippen LogP) is 0.542. The van der Waals surface area contributed by atoms with Gasteiger partial charge in [-0.1, -0.05) is 12.8 Å². The summed E-state index contributed by atoms with van der Waals surface area (Å²) in [5, 5.41) is 6.16. The molecule has 2 aliphatic rings. The molecule has 0 aromatic carbocycles. The second-order valence-electron chi connectivity index (χ2n) is 4.26. The lowest BCUT2D eigenvalue weighted by Crippen LogP contribution is -2.59. The Hall–Kier alpha value is -0.770. The van der Waals surface area contributed by atoms with Crippen LogP contribution in [0.15, 0.2) is 0 Å². The molecule has 0 aromatic rings. The smallest absolute Gasteiger partial charge is 0.317 e. The van der Waals surface area contributed by atoms with Crippen molar-refractivity contribution in [2.75, 3.05) is 20.1 Å². The van der Waals surface area contributed by atoms with Gasteiger partial charge >= 0.3 is 6.03 Å². The average Bonchev–Trinajstić information content (AvgIpc) is 2.71. The lowest BCUT2D eigenvalue weighted by molar-refractivity contribution is 0.150. The molecule has 4 heteroatoms. The van der Waals surface area contributed by atoms with E-state index in [4.69, 9.17) is 0 Å². The molecule has 2 rings (SSSR count). The molecule has 1 aliphatic carbocycles. The van der Waals surface area contributed by atoms with Gasteiger partial charge in [0.15, 0.2) is 0 Å². The fraction of sp³-hybridized carbons (Fsp3) is 0.900. The molecular formula is C10H19N3O. The Kier molecular flexibility index (Phi) is 2.91. The Labute approximate surface area is 85.0 Å². The Bertz CT molecular complexity index is 213. The van der Waals surface area contributed by atoms with Gasteiger partial charge in [0, 0.05) is 25.2 Å². The topological polar surface area (TPSA) is 44.4 Å². The van der Waals surface area contributed by atoms with Crippen LogP contribution in [0.1, 0.15) is 25.7 Å². The summed E-state index contributed by atoms with van der Waals surface area (Å²) in [7, 11) is 1.95. The maximum Gasteiger partial charge on any atom is 0.317 e. The van der Waals surface area contributed by atoms with Gasteiger partial charge in [0.2, 0.25) is 0 Å². The molecule has 2 N–H and O–H groups in total. The van der Waals surface area contributed by atoms with Crippen LogP contribution < -0.4 is 10.6 Å². The number of urea groups is 1. The second-order valence-corrected chi connectivity index (χ2v) is 4.26. The fourth-order valence-corrected chi connectivity index (χ4v) is 2.42. The molecular weight excluding hydrogens is 178 g/mol. The van der Waals surface area contributed by atoms with Crippen molar-refractivity contribution < 1.29 is 4.79 Å². The first-order valence-electron chi connectivity index (χ1n) is 5.53. The second kappa shape index (κ2) is 4.17. The lowest BCUT2D eigenvalue weighted by atomic mass is 10.1. The van der Waals surface area contributed by atoms with Crippen molar-refractivity contribution >= 4 is 6.03 Å². The molecule has 4 nitrogen and oxygen atoms in total. The van der Waals surface area contributed by atoms with Crippen LogP contribution in [0, 0.1) is 0 Å². The molecule has 1 saturated heterocycles. The number of rotatable bonds is 2. The van der Waals surface area contributed by atoms with E-state index < -0.39 is 0 Å². The summed E-state index contributed by atoms with van der Waals surface area (Å²) >= 11 is 0.